The minimum absolute atomic E-state index is 0.0520. The number of carbonyl (C=O) groups is 1. The topological polar surface area (TPSA) is 61.4 Å². The molecule has 27 heavy (non-hydrogen) atoms. The number of anilines is 3. The van der Waals surface area contributed by atoms with Crippen LogP contribution in [-0.4, -0.2) is 17.1 Å². The van der Waals surface area contributed by atoms with Crippen LogP contribution in [0.2, 0.25) is 0 Å². The van der Waals surface area contributed by atoms with Gasteiger partial charge in [0.1, 0.15) is 0 Å². The Balaban J connectivity index is 1.66. The third-order valence-corrected chi connectivity index (χ3v) is 4.58. The highest BCUT2D eigenvalue weighted by Gasteiger charge is 2.08. The Morgan fingerprint density at radius 1 is 0.852 bits per heavy atom. The summed E-state index contributed by atoms with van der Waals surface area (Å²) in [5, 5.41) is 16.2. The molecule has 0 radical (unpaired) electrons. The van der Waals surface area contributed by atoms with E-state index in [2.05, 4.69) is 17.6 Å². The van der Waals surface area contributed by atoms with E-state index in [4.69, 9.17) is 0 Å². The Kier molecular flexibility index (Phi) is 9.42. The maximum atomic E-state index is 12.1. The molecule has 4 heteroatoms. The molecule has 1 atom stereocenters. The van der Waals surface area contributed by atoms with Gasteiger partial charge >= 0.3 is 0 Å². The van der Waals surface area contributed by atoms with E-state index in [0.717, 1.165) is 29.9 Å². The van der Waals surface area contributed by atoms with Crippen molar-refractivity contribution in [3.05, 3.63) is 54.6 Å². The van der Waals surface area contributed by atoms with Crippen LogP contribution in [0.1, 0.15) is 58.3 Å². The van der Waals surface area contributed by atoms with E-state index < -0.39 is 0 Å². The highest BCUT2D eigenvalue weighted by atomic mass is 16.3. The zero-order valence-corrected chi connectivity index (χ0v) is 16.3. The van der Waals surface area contributed by atoms with Gasteiger partial charge < -0.3 is 15.7 Å². The van der Waals surface area contributed by atoms with Gasteiger partial charge in [-0.05, 0) is 49.2 Å². The summed E-state index contributed by atoms with van der Waals surface area (Å²) in [5.41, 5.74) is 2.77. The van der Waals surface area contributed by atoms with Gasteiger partial charge in [0, 0.05) is 23.5 Å². The maximum absolute atomic E-state index is 12.1. The first kappa shape index (κ1) is 21.0. The second kappa shape index (κ2) is 12.1. The van der Waals surface area contributed by atoms with Crippen LogP contribution >= 0.6 is 0 Å². The molecule has 2 aromatic carbocycles. The molecule has 2 aromatic rings. The van der Waals surface area contributed by atoms with Crippen LogP contribution in [0.3, 0.4) is 0 Å². The van der Waals surface area contributed by atoms with Crippen molar-refractivity contribution in [3.8, 4) is 0 Å². The number of hydrogen-bond donors (Lipinski definition) is 3. The van der Waals surface area contributed by atoms with Gasteiger partial charge in [-0.25, -0.2) is 0 Å². The fraction of sp³-hybridized carbons (Fsp3) is 0.435. The summed E-state index contributed by atoms with van der Waals surface area (Å²) in [6, 6.07) is 17.6. The van der Waals surface area contributed by atoms with E-state index in [9.17, 15) is 9.90 Å². The van der Waals surface area contributed by atoms with Gasteiger partial charge in [0.15, 0.2) is 0 Å². The van der Waals surface area contributed by atoms with Crippen LogP contribution in [0.5, 0.6) is 0 Å². The zero-order chi connectivity index (χ0) is 19.3. The standard InChI is InChI=1S/C23H32N2O2/c1-2-3-4-5-9-12-22(26)17-18-23(27)25-21-15-13-20(14-16-21)24-19-10-7-6-8-11-19/h6-8,10-11,13-16,22,24,26H,2-5,9,12,17-18H2,1H3,(H,25,27). The summed E-state index contributed by atoms with van der Waals surface area (Å²) in [6.07, 6.45) is 7.21. The summed E-state index contributed by atoms with van der Waals surface area (Å²) >= 11 is 0. The number of para-hydroxylation sites is 1. The third kappa shape index (κ3) is 8.74. The van der Waals surface area contributed by atoms with Crippen molar-refractivity contribution in [1.29, 1.82) is 0 Å². The van der Waals surface area contributed by atoms with E-state index in [1.807, 2.05) is 54.6 Å². The van der Waals surface area contributed by atoms with Crippen molar-refractivity contribution < 1.29 is 9.90 Å². The lowest BCUT2D eigenvalue weighted by Gasteiger charge is -2.11. The lowest BCUT2D eigenvalue weighted by atomic mass is 10.0. The summed E-state index contributed by atoms with van der Waals surface area (Å²) in [6.45, 7) is 2.20. The van der Waals surface area contributed by atoms with Gasteiger partial charge in [0.2, 0.25) is 5.91 Å². The molecule has 0 bridgehead atoms. The van der Waals surface area contributed by atoms with Crippen LogP contribution in [0, 0.1) is 0 Å². The maximum Gasteiger partial charge on any atom is 0.224 e. The molecule has 0 saturated heterocycles. The number of nitrogens with one attached hydrogen (secondary N) is 2. The lowest BCUT2D eigenvalue weighted by Crippen LogP contribution is -2.15. The van der Waals surface area contributed by atoms with E-state index in [-0.39, 0.29) is 12.0 Å². The van der Waals surface area contributed by atoms with E-state index in [1.165, 1.54) is 25.7 Å². The minimum atomic E-state index is -0.380. The predicted molar refractivity (Wildman–Crippen MR) is 113 cm³/mol. The van der Waals surface area contributed by atoms with Gasteiger partial charge in [-0.3, -0.25) is 4.79 Å². The number of aliphatic hydroxyl groups excluding tert-OH is 1. The van der Waals surface area contributed by atoms with Crippen LogP contribution in [0.25, 0.3) is 0 Å². The fourth-order valence-corrected chi connectivity index (χ4v) is 2.97. The molecular formula is C23H32N2O2. The van der Waals surface area contributed by atoms with E-state index >= 15 is 0 Å². The Morgan fingerprint density at radius 2 is 1.48 bits per heavy atom. The van der Waals surface area contributed by atoms with E-state index in [0.29, 0.717) is 12.8 Å². The SMILES string of the molecule is CCCCCCCC(O)CCC(=O)Nc1ccc(Nc2ccccc2)cc1. The van der Waals surface area contributed by atoms with Crippen molar-refractivity contribution in [2.24, 2.45) is 0 Å². The molecule has 3 N–H and O–H groups in total. The summed E-state index contributed by atoms with van der Waals surface area (Å²) in [7, 11) is 0. The number of amides is 1. The number of benzene rings is 2. The quantitative estimate of drug-likeness (QED) is 0.411. The van der Waals surface area contributed by atoms with Crippen molar-refractivity contribution in [1.82, 2.24) is 0 Å². The Morgan fingerprint density at radius 3 is 2.19 bits per heavy atom. The average Bonchev–Trinajstić information content (AvgIpc) is 2.68. The predicted octanol–water partition coefficient (Wildman–Crippen LogP) is 5.87. The highest BCUT2D eigenvalue weighted by molar-refractivity contribution is 5.90. The smallest absolute Gasteiger partial charge is 0.224 e. The van der Waals surface area contributed by atoms with Gasteiger partial charge in [0.25, 0.3) is 0 Å². The number of carbonyl (C=O) groups excluding carboxylic acids is 1. The molecule has 146 valence electrons. The summed E-state index contributed by atoms with van der Waals surface area (Å²) in [4.78, 5) is 12.1. The lowest BCUT2D eigenvalue weighted by molar-refractivity contribution is -0.116. The Hall–Kier alpha value is -2.33. The van der Waals surface area contributed by atoms with Gasteiger partial charge in [-0.1, -0.05) is 57.2 Å². The Labute approximate surface area is 163 Å². The molecule has 0 heterocycles. The number of aliphatic hydroxyl groups is 1. The number of rotatable bonds is 12. The number of hydrogen-bond acceptors (Lipinski definition) is 3. The molecule has 0 aliphatic rings. The van der Waals surface area contributed by atoms with Crippen molar-refractivity contribution in [2.45, 2.75) is 64.4 Å². The second-order valence-corrected chi connectivity index (χ2v) is 7.01. The fourth-order valence-electron chi connectivity index (χ4n) is 2.97. The van der Waals surface area contributed by atoms with E-state index in [1.54, 1.807) is 0 Å². The average molecular weight is 369 g/mol. The molecule has 0 aliphatic carbocycles. The molecular weight excluding hydrogens is 336 g/mol. The van der Waals surface area contributed by atoms with Crippen LogP contribution in [-0.2, 0) is 4.79 Å². The van der Waals surface area contributed by atoms with Gasteiger partial charge in [-0.2, -0.15) is 0 Å². The normalized spacial score (nSPS) is 11.8. The van der Waals surface area contributed by atoms with Crippen LogP contribution in [0.4, 0.5) is 17.1 Å². The molecule has 2 rings (SSSR count). The molecule has 0 aliphatic heterocycles. The zero-order valence-electron chi connectivity index (χ0n) is 16.3. The highest BCUT2D eigenvalue weighted by Crippen LogP contribution is 2.19. The van der Waals surface area contributed by atoms with Crippen molar-refractivity contribution in [2.75, 3.05) is 10.6 Å². The first-order valence-corrected chi connectivity index (χ1v) is 10.1. The second-order valence-electron chi connectivity index (χ2n) is 7.01. The minimum Gasteiger partial charge on any atom is -0.393 e. The van der Waals surface area contributed by atoms with Crippen molar-refractivity contribution >= 4 is 23.0 Å². The molecule has 1 amide bonds. The largest absolute Gasteiger partial charge is 0.393 e. The molecule has 1 unspecified atom stereocenters. The van der Waals surface area contributed by atoms with Crippen molar-refractivity contribution in [3.63, 3.8) is 0 Å². The summed E-state index contributed by atoms with van der Waals surface area (Å²) in [5.74, 6) is -0.0520. The number of unbranched alkanes of at least 4 members (excludes halogenated alkanes) is 4. The van der Waals surface area contributed by atoms with Crippen LogP contribution < -0.4 is 10.6 Å². The molecule has 4 nitrogen and oxygen atoms in total. The van der Waals surface area contributed by atoms with Gasteiger partial charge in [-0.15, -0.1) is 0 Å². The molecule has 0 saturated carbocycles. The first-order valence-electron chi connectivity index (χ1n) is 10.1. The molecule has 0 spiro atoms. The Bertz CT molecular complexity index is 656. The van der Waals surface area contributed by atoms with Crippen LogP contribution in [0.15, 0.2) is 54.6 Å². The molecule has 0 fully saturated rings. The third-order valence-electron chi connectivity index (χ3n) is 4.58. The monoisotopic (exact) mass is 368 g/mol. The first-order chi connectivity index (χ1) is 13.2. The molecule has 0 aromatic heterocycles. The summed E-state index contributed by atoms with van der Waals surface area (Å²) < 4.78 is 0. The van der Waals surface area contributed by atoms with Gasteiger partial charge in [0.05, 0.1) is 6.10 Å².